The van der Waals surface area contributed by atoms with E-state index in [0.717, 1.165) is 0 Å². The molecule has 2 aromatic rings. The molecular formula is C20H23ClN2O6S. The fraction of sp³-hybridized carbons (Fsp3) is 0.300. The van der Waals surface area contributed by atoms with Gasteiger partial charge < -0.3 is 9.64 Å². The Morgan fingerprint density at radius 1 is 1.00 bits per heavy atom. The second-order valence-corrected chi connectivity index (χ2v) is 9.09. The smallest absolute Gasteiger partial charge is 0.265 e. The number of likely N-dealkylation sites (tertiary alicyclic amines) is 1. The molecule has 3 rings (SSSR count). The maximum Gasteiger partial charge on any atom is 0.265 e. The van der Waals surface area contributed by atoms with Gasteiger partial charge in [0, 0.05) is 20.0 Å². The van der Waals surface area contributed by atoms with E-state index in [4.69, 9.17) is 4.74 Å². The average Bonchev–Trinajstić information content (AvgIpc) is 2.74. The van der Waals surface area contributed by atoms with E-state index in [9.17, 15) is 23.2 Å². The Kier molecular flexibility index (Phi) is 7.46. The van der Waals surface area contributed by atoms with Crippen molar-refractivity contribution >= 4 is 34.1 Å². The first-order valence-corrected chi connectivity index (χ1v) is 10.6. The zero-order chi connectivity index (χ0) is 21.1. The summed E-state index contributed by atoms with van der Waals surface area (Å²) in [6.07, 6.45) is -0.215. The number of ether oxygens (including phenoxy) is 1. The summed E-state index contributed by atoms with van der Waals surface area (Å²) in [6.45, 7) is 1.60. The molecule has 1 heterocycles. The highest BCUT2D eigenvalue weighted by Gasteiger charge is 2.53. The van der Waals surface area contributed by atoms with Crippen LogP contribution in [-0.2, 0) is 19.4 Å². The average molecular weight is 455 g/mol. The van der Waals surface area contributed by atoms with Gasteiger partial charge in [-0.2, -0.15) is 0 Å². The lowest BCUT2D eigenvalue weighted by molar-refractivity contribution is -0.136. The van der Waals surface area contributed by atoms with Gasteiger partial charge in [-0.1, -0.05) is 18.2 Å². The van der Waals surface area contributed by atoms with Gasteiger partial charge in [0.05, 0.1) is 4.90 Å². The van der Waals surface area contributed by atoms with Crippen molar-refractivity contribution in [1.82, 2.24) is 10.4 Å². The van der Waals surface area contributed by atoms with Crippen LogP contribution in [0.5, 0.6) is 11.5 Å². The van der Waals surface area contributed by atoms with Crippen LogP contribution in [0.1, 0.15) is 19.8 Å². The summed E-state index contributed by atoms with van der Waals surface area (Å²) in [4.78, 5) is 25.4. The van der Waals surface area contributed by atoms with E-state index < -0.39 is 20.5 Å². The van der Waals surface area contributed by atoms with Crippen molar-refractivity contribution in [2.45, 2.75) is 29.4 Å². The second-order valence-electron chi connectivity index (χ2n) is 6.83. The highest BCUT2D eigenvalue weighted by atomic mass is 35.5. The van der Waals surface area contributed by atoms with Crippen LogP contribution in [-0.4, -0.2) is 48.2 Å². The predicted octanol–water partition coefficient (Wildman–Crippen LogP) is 2.56. The highest BCUT2D eigenvalue weighted by Crippen LogP contribution is 2.36. The molecule has 0 spiro atoms. The Bertz CT molecular complexity index is 988. The molecule has 0 aliphatic carbocycles. The number of hydrogen-bond acceptors (Lipinski definition) is 6. The number of para-hydroxylation sites is 1. The van der Waals surface area contributed by atoms with Gasteiger partial charge in [0.25, 0.3) is 5.91 Å². The molecule has 2 N–H and O–H groups in total. The maximum atomic E-state index is 13.3. The number of amides is 2. The minimum absolute atomic E-state index is 0. The van der Waals surface area contributed by atoms with Gasteiger partial charge in [0.15, 0.2) is 14.6 Å². The van der Waals surface area contributed by atoms with Crippen LogP contribution in [0, 0.1) is 0 Å². The van der Waals surface area contributed by atoms with E-state index in [1.165, 1.54) is 41.6 Å². The number of hydrogen-bond donors (Lipinski definition) is 2. The molecule has 0 saturated carbocycles. The van der Waals surface area contributed by atoms with Crippen LogP contribution in [0.3, 0.4) is 0 Å². The Hall–Kier alpha value is -2.62. The summed E-state index contributed by atoms with van der Waals surface area (Å²) in [7, 11) is -4.14. The fourth-order valence-corrected chi connectivity index (χ4v) is 5.39. The normalized spacial score (nSPS) is 15.6. The van der Waals surface area contributed by atoms with Gasteiger partial charge in [-0.25, -0.2) is 13.9 Å². The number of carbonyl (C=O) groups excluding carboxylic acids is 2. The van der Waals surface area contributed by atoms with Crippen molar-refractivity contribution in [3.05, 3.63) is 54.6 Å². The summed E-state index contributed by atoms with van der Waals surface area (Å²) in [5, 5.41) is 9.18. The van der Waals surface area contributed by atoms with E-state index in [2.05, 4.69) is 0 Å². The van der Waals surface area contributed by atoms with Crippen molar-refractivity contribution < 1.29 is 28.0 Å². The lowest BCUT2D eigenvalue weighted by atomic mass is 9.95. The molecule has 1 saturated heterocycles. The maximum absolute atomic E-state index is 13.3. The standard InChI is InChI=1S/C20H22N2O6S.ClH/c1-15(23)22-13-11-20(12-14-22,19(24)21-25)29(26,27)18-9-7-17(8-10-18)28-16-5-3-2-4-6-16;/h2-10,25H,11-14H2,1H3,(H,21,24);1H. The number of nitrogens with zero attached hydrogens (tertiary/aromatic N) is 1. The molecule has 1 aliphatic heterocycles. The van der Waals surface area contributed by atoms with Crippen LogP contribution in [0.25, 0.3) is 0 Å². The largest absolute Gasteiger partial charge is 0.457 e. The van der Waals surface area contributed by atoms with Gasteiger partial charge >= 0.3 is 0 Å². The van der Waals surface area contributed by atoms with Gasteiger partial charge in [0.1, 0.15) is 11.5 Å². The van der Waals surface area contributed by atoms with E-state index in [1.807, 2.05) is 18.2 Å². The van der Waals surface area contributed by atoms with E-state index in [-0.39, 0.29) is 49.1 Å². The van der Waals surface area contributed by atoms with Gasteiger partial charge in [-0.3, -0.25) is 14.8 Å². The number of hydroxylamine groups is 1. The molecule has 2 amide bonds. The minimum atomic E-state index is -4.14. The molecule has 0 bridgehead atoms. The Labute approximate surface area is 181 Å². The summed E-state index contributed by atoms with van der Waals surface area (Å²) < 4.78 is 30.5. The van der Waals surface area contributed by atoms with Gasteiger partial charge in [0.2, 0.25) is 5.91 Å². The lowest BCUT2D eigenvalue weighted by Gasteiger charge is -2.39. The molecule has 0 aromatic heterocycles. The SMILES string of the molecule is CC(=O)N1CCC(C(=O)NO)(S(=O)(=O)c2ccc(Oc3ccccc3)cc2)CC1.Cl. The molecule has 0 radical (unpaired) electrons. The second kappa shape index (κ2) is 9.46. The third-order valence-electron chi connectivity index (χ3n) is 5.16. The van der Waals surface area contributed by atoms with Crippen molar-refractivity contribution in [1.29, 1.82) is 0 Å². The molecule has 1 aliphatic rings. The van der Waals surface area contributed by atoms with Crippen LogP contribution < -0.4 is 10.2 Å². The first kappa shape index (κ1) is 23.7. The molecule has 0 atom stereocenters. The van der Waals surface area contributed by atoms with Crippen molar-refractivity contribution in [2.75, 3.05) is 13.1 Å². The Balaban J connectivity index is 0.00000320. The molecule has 2 aromatic carbocycles. The lowest BCUT2D eigenvalue weighted by Crippen LogP contribution is -2.58. The molecule has 8 nitrogen and oxygen atoms in total. The first-order chi connectivity index (χ1) is 13.8. The molecule has 0 unspecified atom stereocenters. The number of halogens is 1. The number of sulfone groups is 1. The summed E-state index contributed by atoms with van der Waals surface area (Å²) in [6, 6.07) is 14.8. The molecule has 10 heteroatoms. The Morgan fingerprint density at radius 2 is 1.53 bits per heavy atom. The zero-order valence-corrected chi connectivity index (χ0v) is 17.9. The number of benzene rings is 2. The van der Waals surface area contributed by atoms with Crippen LogP contribution >= 0.6 is 12.4 Å². The zero-order valence-electron chi connectivity index (χ0n) is 16.3. The summed E-state index contributed by atoms with van der Waals surface area (Å²) >= 11 is 0. The molecular weight excluding hydrogens is 432 g/mol. The minimum Gasteiger partial charge on any atom is -0.457 e. The van der Waals surface area contributed by atoms with Crippen LogP contribution in [0.15, 0.2) is 59.5 Å². The topological polar surface area (TPSA) is 113 Å². The number of rotatable bonds is 5. The third-order valence-corrected chi connectivity index (χ3v) is 7.67. The monoisotopic (exact) mass is 454 g/mol. The molecule has 30 heavy (non-hydrogen) atoms. The predicted molar refractivity (Wildman–Crippen MR) is 112 cm³/mol. The van der Waals surface area contributed by atoms with Crippen LogP contribution in [0.4, 0.5) is 0 Å². The van der Waals surface area contributed by atoms with E-state index >= 15 is 0 Å². The quantitative estimate of drug-likeness (QED) is 0.530. The number of nitrogens with one attached hydrogen (secondary N) is 1. The van der Waals surface area contributed by atoms with Gasteiger partial charge in [-0.15, -0.1) is 12.4 Å². The highest BCUT2D eigenvalue weighted by molar-refractivity contribution is 7.93. The van der Waals surface area contributed by atoms with Crippen molar-refractivity contribution in [2.24, 2.45) is 0 Å². The fourth-order valence-electron chi connectivity index (χ4n) is 3.44. The van der Waals surface area contributed by atoms with Crippen molar-refractivity contribution in [3.8, 4) is 11.5 Å². The number of piperidine rings is 1. The Morgan fingerprint density at radius 3 is 2.03 bits per heavy atom. The first-order valence-electron chi connectivity index (χ1n) is 9.08. The van der Waals surface area contributed by atoms with Crippen molar-refractivity contribution in [3.63, 3.8) is 0 Å². The summed E-state index contributed by atoms with van der Waals surface area (Å²) in [5.74, 6) is -0.133. The number of carbonyl (C=O) groups is 2. The van der Waals surface area contributed by atoms with Gasteiger partial charge in [-0.05, 0) is 49.2 Å². The van der Waals surface area contributed by atoms with E-state index in [0.29, 0.717) is 11.5 Å². The summed E-state index contributed by atoms with van der Waals surface area (Å²) in [5.41, 5.74) is 1.49. The molecule has 1 fully saturated rings. The molecule has 162 valence electrons. The van der Waals surface area contributed by atoms with Crippen LogP contribution in [0.2, 0.25) is 0 Å². The third kappa shape index (κ3) is 4.43. The van der Waals surface area contributed by atoms with E-state index in [1.54, 1.807) is 12.1 Å².